The van der Waals surface area contributed by atoms with Crippen LogP contribution in [0.5, 0.6) is 5.75 Å². The molecular formula is C25H26N4O3. The zero-order valence-electron chi connectivity index (χ0n) is 18.3. The van der Waals surface area contributed by atoms with Crippen LogP contribution in [0.1, 0.15) is 52.2 Å². The number of amides is 1. The summed E-state index contributed by atoms with van der Waals surface area (Å²) < 4.78 is 13.2. The molecule has 1 amide bonds. The van der Waals surface area contributed by atoms with Gasteiger partial charge in [0.2, 0.25) is 0 Å². The fourth-order valence-corrected chi connectivity index (χ4v) is 4.31. The number of aryl methyl sites for hydroxylation is 1. The zero-order valence-corrected chi connectivity index (χ0v) is 18.3. The lowest BCUT2D eigenvalue weighted by atomic mass is 9.98. The Bertz CT molecular complexity index is 1240. The number of carbonyl (C=O) groups excluding carboxylic acids is 1. The van der Waals surface area contributed by atoms with Crippen molar-refractivity contribution in [2.24, 2.45) is 0 Å². The van der Waals surface area contributed by atoms with E-state index in [-0.39, 0.29) is 11.8 Å². The highest BCUT2D eigenvalue weighted by Gasteiger charge is 2.29. The van der Waals surface area contributed by atoms with Crippen LogP contribution in [-0.2, 0) is 6.42 Å². The first-order chi connectivity index (χ1) is 15.6. The van der Waals surface area contributed by atoms with Gasteiger partial charge in [-0.25, -0.2) is 9.97 Å². The van der Waals surface area contributed by atoms with Crippen LogP contribution < -0.4 is 4.74 Å². The number of hydrogen-bond acceptors (Lipinski definition) is 5. The van der Waals surface area contributed by atoms with Crippen LogP contribution in [0, 0.1) is 6.92 Å². The SMILES string of the molecule is COc1ccc(Cc2cnc([C@@H]3CCCN(C(=O)c4cn5c(C)cccc5n4)C3)o2)cc1. The minimum absolute atomic E-state index is 0.0391. The van der Waals surface area contributed by atoms with Gasteiger partial charge in [0, 0.05) is 31.4 Å². The molecule has 5 rings (SSSR count). The van der Waals surface area contributed by atoms with Gasteiger partial charge < -0.3 is 18.5 Å². The number of pyridine rings is 1. The number of benzene rings is 1. The first-order valence-electron chi connectivity index (χ1n) is 10.9. The van der Waals surface area contributed by atoms with Gasteiger partial charge in [0.05, 0.1) is 19.2 Å². The van der Waals surface area contributed by atoms with Crippen molar-refractivity contribution in [2.75, 3.05) is 20.2 Å². The van der Waals surface area contributed by atoms with Crippen LogP contribution >= 0.6 is 0 Å². The number of hydrogen-bond donors (Lipinski definition) is 0. The Hall–Kier alpha value is -3.61. The normalized spacial score (nSPS) is 16.4. The molecular weight excluding hydrogens is 404 g/mol. The van der Waals surface area contributed by atoms with Crippen LogP contribution in [0.4, 0.5) is 0 Å². The quantitative estimate of drug-likeness (QED) is 0.473. The van der Waals surface area contributed by atoms with Crippen LogP contribution in [0.2, 0.25) is 0 Å². The summed E-state index contributed by atoms with van der Waals surface area (Å²) in [6, 6.07) is 13.8. The number of methoxy groups -OCH3 is 1. The Morgan fingerprint density at radius 3 is 2.84 bits per heavy atom. The highest BCUT2D eigenvalue weighted by atomic mass is 16.5. The summed E-state index contributed by atoms with van der Waals surface area (Å²) in [4.78, 5) is 24.1. The van der Waals surface area contributed by atoms with Gasteiger partial charge in [-0.05, 0) is 49.6 Å². The molecule has 32 heavy (non-hydrogen) atoms. The minimum atomic E-state index is -0.0391. The summed E-state index contributed by atoms with van der Waals surface area (Å²) in [5.74, 6) is 2.42. The smallest absolute Gasteiger partial charge is 0.274 e. The fraction of sp³-hybridized carbons (Fsp3) is 0.320. The Kier molecular flexibility index (Phi) is 5.39. The summed E-state index contributed by atoms with van der Waals surface area (Å²) in [6.07, 6.45) is 6.17. The molecule has 0 radical (unpaired) electrons. The third-order valence-corrected chi connectivity index (χ3v) is 6.08. The molecule has 0 spiro atoms. The van der Waals surface area contributed by atoms with Gasteiger partial charge in [-0.2, -0.15) is 0 Å². The average Bonchev–Trinajstić information content (AvgIpc) is 3.47. The number of imidazole rings is 1. The van der Waals surface area contributed by atoms with Crippen molar-refractivity contribution in [1.82, 2.24) is 19.3 Å². The predicted molar refractivity (Wildman–Crippen MR) is 120 cm³/mol. The zero-order chi connectivity index (χ0) is 22.1. The maximum absolute atomic E-state index is 13.1. The lowest BCUT2D eigenvalue weighted by Gasteiger charge is -2.30. The second-order valence-electron chi connectivity index (χ2n) is 8.30. The molecule has 0 aliphatic carbocycles. The van der Waals surface area contributed by atoms with Gasteiger partial charge in [0.25, 0.3) is 5.91 Å². The molecule has 4 heterocycles. The van der Waals surface area contributed by atoms with Crippen molar-refractivity contribution in [1.29, 1.82) is 0 Å². The molecule has 7 heteroatoms. The van der Waals surface area contributed by atoms with E-state index < -0.39 is 0 Å². The Labute approximate surface area is 186 Å². The number of rotatable bonds is 5. The van der Waals surface area contributed by atoms with Crippen molar-refractivity contribution in [3.63, 3.8) is 0 Å². The van der Waals surface area contributed by atoms with Gasteiger partial charge in [0.1, 0.15) is 22.9 Å². The third kappa shape index (κ3) is 3.98. The monoisotopic (exact) mass is 430 g/mol. The molecule has 1 aromatic carbocycles. The average molecular weight is 431 g/mol. The molecule has 0 unspecified atom stereocenters. The standard InChI is InChI=1S/C25H26N4O3/c1-17-5-3-7-23-27-22(16-29(17)23)25(30)28-12-4-6-19(15-28)24-26-14-21(32-24)13-18-8-10-20(31-2)11-9-18/h3,5,7-11,14,16,19H,4,6,12-13,15H2,1-2H3/t19-/m1/s1. The minimum Gasteiger partial charge on any atom is -0.497 e. The molecule has 1 saturated heterocycles. The van der Waals surface area contributed by atoms with Crippen molar-refractivity contribution >= 4 is 11.6 Å². The van der Waals surface area contributed by atoms with E-state index in [1.54, 1.807) is 13.3 Å². The maximum atomic E-state index is 13.1. The number of oxazole rings is 1. The van der Waals surface area contributed by atoms with Crippen LogP contribution in [-0.4, -0.2) is 45.4 Å². The van der Waals surface area contributed by atoms with Crippen molar-refractivity contribution < 1.29 is 13.9 Å². The molecule has 0 bridgehead atoms. The van der Waals surface area contributed by atoms with E-state index in [0.717, 1.165) is 47.8 Å². The van der Waals surface area contributed by atoms with Crippen molar-refractivity contribution in [2.45, 2.75) is 32.1 Å². The fourth-order valence-electron chi connectivity index (χ4n) is 4.31. The van der Waals surface area contributed by atoms with Gasteiger partial charge in [-0.3, -0.25) is 4.79 Å². The number of carbonyl (C=O) groups is 1. The molecule has 7 nitrogen and oxygen atoms in total. The Balaban J connectivity index is 1.28. The van der Waals surface area contributed by atoms with Crippen LogP contribution in [0.25, 0.3) is 5.65 Å². The molecule has 1 atom stereocenters. The summed E-state index contributed by atoms with van der Waals surface area (Å²) in [6.45, 7) is 3.32. The number of fused-ring (bicyclic) bond motifs is 1. The van der Waals surface area contributed by atoms with Gasteiger partial charge in [-0.1, -0.05) is 18.2 Å². The summed E-state index contributed by atoms with van der Waals surface area (Å²) >= 11 is 0. The molecule has 1 aliphatic rings. The van der Waals surface area contributed by atoms with E-state index in [2.05, 4.69) is 9.97 Å². The van der Waals surface area contributed by atoms with E-state index in [0.29, 0.717) is 24.6 Å². The van der Waals surface area contributed by atoms with Gasteiger partial charge >= 0.3 is 0 Å². The number of piperidine rings is 1. The lowest BCUT2D eigenvalue weighted by Crippen LogP contribution is -2.39. The Morgan fingerprint density at radius 2 is 2.06 bits per heavy atom. The summed E-state index contributed by atoms with van der Waals surface area (Å²) in [7, 11) is 1.66. The molecule has 0 saturated carbocycles. The molecule has 3 aromatic heterocycles. The second kappa shape index (κ2) is 8.49. The molecule has 4 aromatic rings. The van der Waals surface area contributed by atoms with E-state index in [1.807, 2.05) is 64.9 Å². The van der Waals surface area contributed by atoms with E-state index >= 15 is 0 Å². The number of aromatic nitrogens is 3. The molecule has 1 aliphatic heterocycles. The topological polar surface area (TPSA) is 72.9 Å². The van der Waals surface area contributed by atoms with Crippen molar-refractivity contribution in [3.8, 4) is 5.75 Å². The van der Waals surface area contributed by atoms with E-state index in [9.17, 15) is 4.79 Å². The largest absolute Gasteiger partial charge is 0.497 e. The van der Waals surface area contributed by atoms with Crippen LogP contribution in [0.15, 0.2) is 59.3 Å². The second-order valence-corrected chi connectivity index (χ2v) is 8.30. The van der Waals surface area contributed by atoms with Gasteiger partial charge in [0.15, 0.2) is 5.89 Å². The predicted octanol–water partition coefficient (Wildman–Crippen LogP) is 4.25. The molecule has 0 N–H and O–H groups in total. The number of likely N-dealkylation sites (tertiary alicyclic amines) is 1. The Morgan fingerprint density at radius 1 is 1.22 bits per heavy atom. The third-order valence-electron chi connectivity index (χ3n) is 6.08. The van der Waals surface area contributed by atoms with Crippen molar-refractivity contribution in [3.05, 3.63) is 83.5 Å². The van der Waals surface area contributed by atoms with E-state index in [4.69, 9.17) is 9.15 Å². The highest BCUT2D eigenvalue weighted by molar-refractivity contribution is 5.93. The first-order valence-corrected chi connectivity index (χ1v) is 10.9. The number of nitrogens with zero attached hydrogens (tertiary/aromatic N) is 4. The highest BCUT2D eigenvalue weighted by Crippen LogP contribution is 2.28. The van der Waals surface area contributed by atoms with Gasteiger partial charge in [-0.15, -0.1) is 0 Å². The summed E-state index contributed by atoms with van der Waals surface area (Å²) in [5.41, 5.74) is 3.45. The first kappa shape index (κ1) is 20.3. The number of ether oxygens (including phenoxy) is 1. The molecule has 1 fully saturated rings. The molecule has 164 valence electrons. The van der Waals surface area contributed by atoms with Crippen LogP contribution in [0.3, 0.4) is 0 Å². The lowest BCUT2D eigenvalue weighted by molar-refractivity contribution is 0.0692. The van der Waals surface area contributed by atoms with E-state index in [1.165, 1.54) is 0 Å². The summed E-state index contributed by atoms with van der Waals surface area (Å²) in [5, 5.41) is 0. The maximum Gasteiger partial charge on any atom is 0.274 e.